The summed E-state index contributed by atoms with van der Waals surface area (Å²) in [6, 6.07) is 19.7. The van der Waals surface area contributed by atoms with Crippen LogP contribution < -0.4 is 4.74 Å². The molecular weight excluding hydrogens is 396 g/mol. The van der Waals surface area contributed by atoms with Gasteiger partial charge in [0.05, 0.1) is 5.56 Å². The third kappa shape index (κ3) is 3.44. The van der Waals surface area contributed by atoms with Crippen LogP contribution >= 0.6 is 0 Å². The molecule has 0 amide bonds. The molecule has 3 aromatic rings. The first-order valence-electron chi connectivity index (χ1n) is 12.1. The van der Waals surface area contributed by atoms with Gasteiger partial charge in [0, 0.05) is 6.61 Å². The fourth-order valence-electron chi connectivity index (χ4n) is 7.39. The number of rotatable bonds is 5. The van der Waals surface area contributed by atoms with Gasteiger partial charge in [-0.2, -0.15) is 0 Å². The van der Waals surface area contributed by atoms with Crippen LogP contribution in [-0.2, 0) is 11.8 Å². The number of fused-ring (bicyclic) bond motifs is 1. The van der Waals surface area contributed by atoms with Gasteiger partial charge >= 0.3 is 5.97 Å². The van der Waals surface area contributed by atoms with Crippen molar-refractivity contribution in [1.82, 2.24) is 0 Å². The fourth-order valence-corrected chi connectivity index (χ4v) is 7.39. The lowest BCUT2D eigenvalue weighted by Crippen LogP contribution is -2.49. The van der Waals surface area contributed by atoms with Gasteiger partial charge in [-0.05, 0) is 114 Å². The average molecular weight is 427 g/mol. The molecule has 0 aromatic heterocycles. The number of ether oxygens (including phenoxy) is 1. The number of benzene rings is 3. The van der Waals surface area contributed by atoms with E-state index in [1.807, 2.05) is 36.4 Å². The van der Waals surface area contributed by atoms with E-state index in [9.17, 15) is 9.90 Å². The topological polar surface area (TPSA) is 46.5 Å². The Morgan fingerprint density at radius 1 is 0.875 bits per heavy atom. The van der Waals surface area contributed by atoms with Crippen LogP contribution in [0.2, 0.25) is 0 Å². The Labute approximate surface area is 189 Å². The fraction of sp³-hybridized carbons (Fsp3) is 0.414. The molecule has 4 fully saturated rings. The molecule has 4 saturated carbocycles. The van der Waals surface area contributed by atoms with Gasteiger partial charge in [0.15, 0.2) is 0 Å². The van der Waals surface area contributed by atoms with Crippen molar-refractivity contribution in [2.24, 2.45) is 17.8 Å². The summed E-state index contributed by atoms with van der Waals surface area (Å²) < 4.78 is 5.70. The van der Waals surface area contributed by atoms with Crippen LogP contribution in [0.5, 0.6) is 5.75 Å². The van der Waals surface area contributed by atoms with Crippen LogP contribution in [-0.4, -0.2) is 17.7 Å². The second-order valence-electron chi connectivity index (χ2n) is 10.4. The summed E-state index contributed by atoms with van der Waals surface area (Å²) in [6.45, 7) is 0.178. The maximum absolute atomic E-state index is 12.5. The van der Waals surface area contributed by atoms with E-state index in [1.54, 1.807) is 12.1 Å². The smallest absolute Gasteiger partial charge is 0.343 e. The molecular formula is C29H30O3. The van der Waals surface area contributed by atoms with Gasteiger partial charge in [-0.25, -0.2) is 4.79 Å². The molecule has 32 heavy (non-hydrogen) atoms. The van der Waals surface area contributed by atoms with Crippen molar-refractivity contribution in [2.75, 3.05) is 6.61 Å². The minimum absolute atomic E-state index is 0.178. The van der Waals surface area contributed by atoms with Gasteiger partial charge in [0.2, 0.25) is 0 Å². The molecule has 7 rings (SSSR count). The number of hydrogen-bond acceptors (Lipinski definition) is 3. The third-order valence-corrected chi connectivity index (χ3v) is 8.24. The van der Waals surface area contributed by atoms with Crippen molar-refractivity contribution in [3.63, 3.8) is 0 Å². The molecule has 4 aliphatic rings. The van der Waals surface area contributed by atoms with Gasteiger partial charge in [-0.15, -0.1) is 0 Å². The Morgan fingerprint density at radius 2 is 1.56 bits per heavy atom. The number of carbonyl (C=O) groups excluding carboxylic acids is 1. The molecule has 4 bridgehead atoms. The molecule has 0 spiro atoms. The van der Waals surface area contributed by atoms with E-state index in [-0.39, 0.29) is 18.0 Å². The van der Waals surface area contributed by atoms with Crippen LogP contribution in [0.25, 0.3) is 10.8 Å². The van der Waals surface area contributed by atoms with Crippen LogP contribution in [0.4, 0.5) is 0 Å². The first kappa shape index (κ1) is 20.0. The van der Waals surface area contributed by atoms with Crippen LogP contribution in [0, 0.1) is 17.8 Å². The molecule has 1 N–H and O–H groups in total. The Morgan fingerprint density at radius 3 is 2.22 bits per heavy atom. The molecule has 0 heterocycles. The van der Waals surface area contributed by atoms with Crippen LogP contribution in [0.15, 0.2) is 60.7 Å². The molecule has 0 saturated heterocycles. The maximum Gasteiger partial charge on any atom is 0.343 e. The van der Waals surface area contributed by atoms with E-state index in [4.69, 9.17) is 4.74 Å². The normalized spacial score (nSPS) is 28.2. The lowest BCUT2D eigenvalue weighted by atomic mass is 9.47. The Balaban J connectivity index is 1.38. The molecule has 3 nitrogen and oxygen atoms in total. The monoisotopic (exact) mass is 426 g/mol. The van der Waals surface area contributed by atoms with E-state index in [0.29, 0.717) is 17.7 Å². The quantitative estimate of drug-likeness (QED) is 0.398. The second-order valence-corrected chi connectivity index (χ2v) is 10.4. The van der Waals surface area contributed by atoms with Crippen molar-refractivity contribution in [3.05, 3.63) is 77.4 Å². The molecule has 4 aliphatic carbocycles. The van der Waals surface area contributed by atoms with E-state index in [1.165, 1.54) is 49.7 Å². The molecule has 0 atom stereocenters. The number of aliphatic hydroxyl groups is 1. The lowest BCUT2D eigenvalue weighted by Gasteiger charge is -2.57. The highest BCUT2D eigenvalue weighted by molar-refractivity contribution is 5.92. The number of hydrogen-bond donors (Lipinski definition) is 1. The molecule has 3 heteroatoms. The Bertz CT molecular complexity index is 1130. The summed E-state index contributed by atoms with van der Waals surface area (Å²) in [5.41, 5.74) is 3.57. The van der Waals surface area contributed by atoms with Gasteiger partial charge in [0.1, 0.15) is 5.75 Å². The summed E-state index contributed by atoms with van der Waals surface area (Å²) >= 11 is 0. The molecule has 0 radical (unpaired) electrons. The maximum atomic E-state index is 12.5. The summed E-state index contributed by atoms with van der Waals surface area (Å²) in [7, 11) is 0. The molecule has 0 unspecified atom stereocenters. The van der Waals surface area contributed by atoms with E-state index >= 15 is 0 Å². The Kier molecular flexibility index (Phi) is 4.83. The predicted molar refractivity (Wildman–Crippen MR) is 126 cm³/mol. The van der Waals surface area contributed by atoms with Crippen molar-refractivity contribution in [2.45, 2.75) is 50.4 Å². The number of carbonyl (C=O) groups is 1. The second kappa shape index (κ2) is 7.74. The lowest BCUT2D eigenvalue weighted by molar-refractivity contribution is -0.00557. The van der Waals surface area contributed by atoms with Gasteiger partial charge < -0.3 is 9.84 Å². The summed E-state index contributed by atoms with van der Waals surface area (Å²) in [5.74, 6) is 2.87. The molecule has 0 aliphatic heterocycles. The summed E-state index contributed by atoms with van der Waals surface area (Å²) in [6.07, 6.45) is 8.85. The highest BCUT2D eigenvalue weighted by Crippen LogP contribution is 2.61. The minimum atomic E-state index is -0.330. The van der Waals surface area contributed by atoms with E-state index < -0.39 is 0 Å². The van der Waals surface area contributed by atoms with Crippen molar-refractivity contribution < 1.29 is 14.6 Å². The summed E-state index contributed by atoms with van der Waals surface area (Å²) in [4.78, 5) is 12.5. The summed E-state index contributed by atoms with van der Waals surface area (Å²) in [5, 5.41) is 12.1. The third-order valence-electron chi connectivity index (χ3n) is 8.24. The minimum Gasteiger partial charge on any atom is -0.423 e. The largest absolute Gasteiger partial charge is 0.423 e. The van der Waals surface area contributed by atoms with Gasteiger partial charge in [0.25, 0.3) is 0 Å². The first-order chi connectivity index (χ1) is 15.6. The molecule has 3 aromatic carbocycles. The van der Waals surface area contributed by atoms with Crippen molar-refractivity contribution >= 4 is 16.7 Å². The number of aliphatic hydroxyl groups excluding tert-OH is 1. The zero-order valence-electron chi connectivity index (χ0n) is 18.4. The highest BCUT2D eigenvalue weighted by Gasteiger charge is 2.52. The molecule has 164 valence electrons. The van der Waals surface area contributed by atoms with Crippen molar-refractivity contribution in [1.29, 1.82) is 0 Å². The van der Waals surface area contributed by atoms with Crippen molar-refractivity contribution in [3.8, 4) is 5.75 Å². The zero-order chi connectivity index (χ0) is 21.7. The van der Waals surface area contributed by atoms with E-state index in [2.05, 4.69) is 12.1 Å². The zero-order valence-corrected chi connectivity index (χ0v) is 18.4. The van der Waals surface area contributed by atoms with Crippen LogP contribution in [0.1, 0.15) is 60.0 Å². The highest BCUT2D eigenvalue weighted by atomic mass is 16.5. The average Bonchev–Trinajstić information content (AvgIpc) is 2.78. The number of esters is 1. The van der Waals surface area contributed by atoms with Crippen LogP contribution in [0.3, 0.4) is 0 Å². The standard InChI is InChI=1S/C29H30O3/c30-9-8-24-13-23-6-7-26(32-28(31)22-4-2-1-3-5-22)14-25(23)15-27(24)29-16-19-10-20(17-29)12-21(11-19)18-29/h1-7,13-15,19-21,30H,8-12,16-18H2. The van der Waals surface area contributed by atoms with Gasteiger partial charge in [-0.1, -0.05) is 36.4 Å². The van der Waals surface area contributed by atoms with E-state index in [0.717, 1.165) is 28.5 Å². The SMILES string of the molecule is O=C(Oc1ccc2cc(CCO)c(C34CC5CC(CC(C5)C3)C4)cc2c1)c1ccccc1. The first-order valence-corrected chi connectivity index (χ1v) is 12.1. The predicted octanol–water partition coefficient (Wildman–Crippen LogP) is 6.06. The van der Waals surface area contributed by atoms with Gasteiger partial charge in [-0.3, -0.25) is 0 Å². The Hall–Kier alpha value is -2.65.